The van der Waals surface area contributed by atoms with E-state index in [1.165, 1.54) is 30.7 Å². The average molecular weight is 479 g/mol. The molecule has 0 bridgehead atoms. The van der Waals surface area contributed by atoms with Gasteiger partial charge in [0.25, 0.3) is 0 Å². The molecule has 1 aliphatic rings. The minimum Gasteiger partial charge on any atom is -0.435 e. The highest BCUT2D eigenvalue weighted by Crippen LogP contribution is 2.35. The zero-order valence-electron chi connectivity index (χ0n) is 17.1. The Morgan fingerprint density at radius 1 is 1.09 bits per heavy atom. The van der Waals surface area contributed by atoms with E-state index >= 15 is 4.39 Å². The van der Waals surface area contributed by atoms with Crippen molar-refractivity contribution in [2.45, 2.75) is 19.3 Å². The maximum Gasteiger partial charge on any atom is 0.419 e. The van der Waals surface area contributed by atoms with Gasteiger partial charge in [0.2, 0.25) is 5.88 Å². The van der Waals surface area contributed by atoms with E-state index in [0.29, 0.717) is 24.7 Å². The van der Waals surface area contributed by atoms with Crippen LogP contribution in [0.1, 0.15) is 19.7 Å². The van der Waals surface area contributed by atoms with Crippen LogP contribution in [0.25, 0.3) is 10.9 Å². The Hall–Kier alpha value is -4.06. The van der Waals surface area contributed by atoms with Gasteiger partial charge in [0.15, 0.2) is 17.4 Å². The molecule has 0 saturated heterocycles. The van der Waals surface area contributed by atoms with Gasteiger partial charge in [-0.25, -0.2) is 23.5 Å². The first-order chi connectivity index (χ1) is 16.2. The van der Waals surface area contributed by atoms with Crippen molar-refractivity contribution >= 4 is 22.6 Å². The highest BCUT2D eigenvalue weighted by molar-refractivity contribution is 5.99. The Bertz CT molecular complexity index is 1440. The van der Waals surface area contributed by atoms with Crippen LogP contribution in [-0.2, 0) is 19.3 Å². The standard InChI is InChI=1S/C22H14F5N5O2.2H2/c23-18-11-6-7-32(21(33)31-14-3-1-2-13(19(14)24)22(25,26)27)16(11)4-5-17(18)34-20-12-8-28-9-15(12)29-10-30-20;;/h1-7,10,28H,8-9H2,(H,31,33);2*1H. The number of hydrogen-bond acceptors (Lipinski definition) is 5. The molecule has 1 aliphatic heterocycles. The number of fused-ring (bicyclic) bond motifs is 2. The van der Waals surface area contributed by atoms with E-state index in [-0.39, 0.29) is 25.4 Å². The number of nitrogens with zero attached hydrogens (tertiary/aromatic N) is 3. The molecule has 3 heterocycles. The van der Waals surface area contributed by atoms with Gasteiger partial charge in [0, 0.05) is 27.5 Å². The SMILES string of the molecule is O=C(Nc1cccc(C(F)(F)F)c1F)n1ccc2c(F)c(Oc3ncnc4c3CNC4)ccc21.[HH].[HH]. The van der Waals surface area contributed by atoms with Gasteiger partial charge < -0.3 is 15.4 Å². The molecule has 2 aromatic carbocycles. The number of nitrogens with one attached hydrogen (secondary N) is 2. The fourth-order valence-electron chi connectivity index (χ4n) is 3.70. The van der Waals surface area contributed by atoms with E-state index in [9.17, 15) is 22.4 Å². The van der Waals surface area contributed by atoms with Crippen molar-refractivity contribution in [1.82, 2.24) is 19.9 Å². The van der Waals surface area contributed by atoms with E-state index in [2.05, 4.69) is 20.6 Å². The Morgan fingerprint density at radius 2 is 1.91 bits per heavy atom. The van der Waals surface area contributed by atoms with E-state index < -0.39 is 35.1 Å². The molecule has 2 aromatic heterocycles. The number of halogens is 5. The lowest BCUT2D eigenvalue weighted by molar-refractivity contribution is -0.139. The smallest absolute Gasteiger partial charge is 0.419 e. The van der Waals surface area contributed by atoms with Crippen LogP contribution in [0.4, 0.5) is 32.4 Å². The largest absolute Gasteiger partial charge is 0.435 e. The lowest BCUT2D eigenvalue weighted by Gasteiger charge is -2.13. The number of anilines is 1. The predicted octanol–water partition coefficient (Wildman–Crippen LogP) is 5.70. The molecule has 34 heavy (non-hydrogen) atoms. The summed E-state index contributed by atoms with van der Waals surface area (Å²) in [5.41, 5.74) is -0.613. The summed E-state index contributed by atoms with van der Waals surface area (Å²) in [7, 11) is 0. The summed E-state index contributed by atoms with van der Waals surface area (Å²) >= 11 is 0. The number of carbonyl (C=O) groups excluding carboxylic acids is 1. The highest BCUT2D eigenvalue weighted by atomic mass is 19.4. The molecule has 0 saturated carbocycles. The molecule has 7 nitrogen and oxygen atoms in total. The van der Waals surface area contributed by atoms with Gasteiger partial charge >= 0.3 is 12.2 Å². The van der Waals surface area contributed by atoms with Gasteiger partial charge in [-0.05, 0) is 30.3 Å². The molecule has 0 atom stereocenters. The lowest BCUT2D eigenvalue weighted by Crippen LogP contribution is -2.20. The van der Waals surface area contributed by atoms with Crippen LogP contribution in [-0.4, -0.2) is 20.6 Å². The number of carbonyl (C=O) groups is 1. The van der Waals surface area contributed by atoms with Crippen LogP contribution in [0.5, 0.6) is 11.6 Å². The van der Waals surface area contributed by atoms with Crippen LogP contribution >= 0.6 is 0 Å². The molecule has 2 N–H and O–H groups in total. The van der Waals surface area contributed by atoms with Gasteiger partial charge in [0.1, 0.15) is 6.33 Å². The average Bonchev–Trinajstić information content (AvgIpc) is 3.44. The third-order valence-electron chi connectivity index (χ3n) is 5.33. The van der Waals surface area contributed by atoms with Crippen LogP contribution in [0.3, 0.4) is 0 Å². The number of alkyl halides is 3. The summed E-state index contributed by atoms with van der Waals surface area (Å²) in [4.78, 5) is 20.8. The summed E-state index contributed by atoms with van der Waals surface area (Å²) < 4.78 is 74.8. The molecule has 0 fully saturated rings. The zero-order chi connectivity index (χ0) is 24.0. The first-order valence-electron chi connectivity index (χ1n) is 9.92. The quantitative estimate of drug-likeness (QED) is 0.369. The van der Waals surface area contributed by atoms with Crippen molar-refractivity contribution in [2.75, 3.05) is 5.32 Å². The third kappa shape index (κ3) is 3.71. The number of hydrogen-bond donors (Lipinski definition) is 2. The Labute approximate surface area is 191 Å². The molecule has 0 aliphatic carbocycles. The molecule has 0 unspecified atom stereocenters. The van der Waals surface area contributed by atoms with E-state index in [0.717, 1.165) is 22.4 Å². The molecule has 178 valence electrons. The molecule has 5 rings (SSSR count). The lowest BCUT2D eigenvalue weighted by atomic mass is 10.2. The minimum absolute atomic E-state index is 0. The topological polar surface area (TPSA) is 81.1 Å². The van der Waals surface area contributed by atoms with Crippen molar-refractivity contribution in [3.63, 3.8) is 0 Å². The number of ether oxygens (including phenoxy) is 1. The van der Waals surface area contributed by atoms with Crippen LogP contribution < -0.4 is 15.4 Å². The summed E-state index contributed by atoms with van der Waals surface area (Å²) in [6.45, 7) is 1.01. The zero-order valence-corrected chi connectivity index (χ0v) is 17.1. The van der Waals surface area contributed by atoms with Crippen LogP contribution in [0.15, 0.2) is 48.9 Å². The van der Waals surface area contributed by atoms with Gasteiger partial charge in [-0.15, -0.1) is 0 Å². The first-order valence-corrected chi connectivity index (χ1v) is 9.92. The van der Waals surface area contributed by atoms with Crippen molar-refractivity contribution < 1.29 is 34.3 Å². The molecule has 1 amide bonds. The maximum atomic E-state index is 15.1. The van der Waals surface area contributed by atoms with E-state index in [1.54, 1.807) is 0 Å². The third-order valence-corrected chi connectivity index (χ3v) is 5.33. The van der Waals surface area contributed by atoms with Gasteiger partial charge in [-0.1, -0.05) is 6.07 Å². The van der Waals surface area contributed by atoms with E-state index in [1.807, 2.05) is 0 Å². The monoisotopic (exact) mass is 479 g/mol. The van der Waals surface area contributed by atoms with E-state index in [4.69, 9.17) is 4.74 Å². The molecule has 0 radical (unpaired) electrons. The van der Waals surface area contributed by atoms with Crippen LogP contribution in [0, 0.1) is 11.6 Å². The second kappa shape index (κ2) is 8.06. The van der Waals surface area contributed by atoms with Crippen molar-refractivity contribution in [1.29, 1.82) is 0 Å². The number of amides is 1. The van der Waals surface area contributed by atoms with Gasteiger partial charge in [-0.2, -0.15) is 13.2 Å². The Morgan fingerprint density at radius 3 is 2.71 bits per heavy atom. The second-order valence-electron chi connectivity index (χ2n) is 7.40. The van der Waals surface area contributed by atoms with Gasteiger partial charge in [0.05, 0.1) is 28.0 Å². The minimum atomic E-state index is -4.93. The van der Waals surface area contributed by atoms with Crippen molar-refractivity contribution in [2.24, 2.45) is 0 Å². The molecular formula is C22H18F5N5O2. The predicted molar refractivity (Wildman–Crippen MR) is 115 cm³/mol. The highest BCUT2D eigenvalue weighted by Gasteiger charge is 2.35. The van der Waals surface area contributed by atoms with Crippen molar-refractivity contribution in [3.05, 3.63) is 77.4 Å². The summed E-state index contributed by atoms with van der Waals surface area (Å²) in [6.07, 6.45) is -2.40. The summed E-state index contributed by atoms with van der Waals surface area (Å²) in [5.74, 6) is -2.33. The number of rotatable bonds is 3. The molecule has 0 spiro atoms. The second-order valence-corrected chi connectivity index (χ2v) is 7.40. The van der Waals surface area contributed by atoms with Crippen LogP contribution in [0.2, 0.25) is 0 Å². The summed E-state index contributed by atoms with van der Waals surface area (Å²) in [5, 5.41) is 5.20. The molecular weight excluding hydrogens is 461 g/mol. The number of aromatic nitrogens is 3. The molecule has 4 aromatic rings. The summed E-state index contributed by atoms with van der Waals surface area (Å²) in [6, 6.07) is 5.55. The normalized spacial score (nSPS) is 13.2. The van der Waals surface area contributed by atoms with Crippen molar-refractivity contribution in [3.8, 4) is 11.6 Å². The maximum absolute atomic E-state index is 15.1. The Kier molecular flexibility index (Phi) is 5.16. The fourth-order valence-corrected chi connectivity index (χ4v) is 3.70. The number of benzene rings is 2. The first kappa shape index (κ1) is 21.8. The van der Waals surface area contributed by atoms with Gasteiger partial charge in [-0.3, -0.25) is 4.57 Å². The molecule has 12 heteroatoms. The Balaban J connectivity index is 0.00000180. The fraction of sp³-hybridized carbons (Fsp3) is 0.136.